The summed E-state index contributed by atoms with van der Waals surface area (Å²) in [7, 11) is 0. The second-order valence-electron chi connectivity index (χ2n) is 0. The third-order valence-electron chi connectivity index (χ3n) is 0. The van der Waals surface area contributed by atoms with Crippen LogP contribution in [0.1, 0.15) is 0 Å². The summed E-state index contributed by atoms with van der Waals surface area (Å²) in [4.78, 5) is 0. The Hall–Kier alpha value is 2.33. The van der Waals surface area contributed by atoms with Crippen LogP contribution in [0.2, 0.25) is 0 Å². The molecule has 0 unspecified atom stereocenters. The van der Waals surface area contributed by atoms with Gasteiger partial charge in [0.25, 0.3) is 0 Å². The first kappa shape index (κ1) is 82.3. The predicted octanol–water partition coefficient (Wildman–Crippen LogP) is -2.48. The van der Waals surface area contributed by atoms with Crippen molar-refractivity contribution in [3.05, 3.63) is 0 Å². The van der Waals surface area contributed by atoms with Gasteiger partial charge in [-0.1, -0.05) is 0 Å². The van der Waals surface area contributed by atoms with E-state index in [4.69, 9.17) is 0 Å². The predicted molar refractivity (Wildman–Crippen MR) is 26.3 cm³/mol. The van der Waals surface area contributed by atoms with E-state index in [1.165, 1.54) is 0 Å². The van der Waals surface area contributed by atoms with Crippen molar-refractivity contribution in [1.82, 2.24) is 6.15 Å². The van der Waals surface area contributed by atoms with Gasteiger partial charge in [0.2, 0.25) is 0 Å². The summed E-state index contributed by atoms with van der Waals surface area (Å²) in [5, 5.41) is 0. The molecule has 2 radical (unpaired) electrons. The van der Waals surface area contributed by atoms with Gasteiger partial charge < -0.3 is 6.15 Å². The quantitative estimate of drug-likeness (QED) is 0.468. The molecule has 0 rings (SSSR count). The fourth-order valence-corrected chi connectivity index (χ4v) is 0. The van der Waals surface area contributed by atoms with Crippen LogP contribution in [0.5, 0.6) is 0 Å². The molecule has 0 aromatic heterocycles. The zero-order valence-corrected chi connectivity index (χ0v) is 5.57. The molecule has 0 fully saturated rings. The molecule has 3 N–H and O–H groups in total. The molecule has 0 saturated carbocycles. The van der Waals surface area contributed by atoms with Crippen molar-refractivity contribution < 1.29 is 52.7 Å². The van der Waals surface area contributed by atoms with Crippen LogP contribution in [-0.2, 0) is 52.7 Å². The van der Waals surface area contributed by atoms with Gasteiger partial charge in [-0.2, -0.15) is 0 Å². The van der Waals surface area contributed by atoms with E-state index in [9.17, 15) is 0 Å². The molecular weight excluding hydrogens is 231 g/mol. The minimum Gasteiger partial charge on any atom is -0.344 e. The molecule has 0 aliphatic carbocycles. The van der Waals surface area contributed by atoms with Gasteiger partial charge in [-0.3, -0.25) is 0 Å². The van der Waals surface area contributed by atoms with Crippen molar-refractivity contribution in [1.29, 1.82) is 0 Å². The largest absolute Gasteiger partial charge is 0.344 e. The number of rotatable bonds is 0. The molecule has 6 heteroatoms. The number of hydrogen-bond donors (Lipinski definition) is 1. The second-order valence-corrected chi connectivity index (χ2v) is 0. The van der Waals surface area contributed by atoms with Crippen molar-refractivity contribution in [3.8, 4) is 0 Å². The van der Waals surface area contributed by atoms with E-state index in [0.717, 1.165) is 0 Å². The van der Waals surface area contributed by atoms with Crippen LogP contribution in [0.15, 0.2) is 0 Å². The molecule has 0 saturated heterocycles. The molecule has 0 atom stereocenters. The van der Waals surface area contributed by atoms with Gasteiger partial charge >= 0.3 is 0 Å². The van der Waals surface area contributed by atoms with Crippen molar-refractivity contribution >= 4 is 28.3 Å². The van der Waals surface area contributed by atoms with E-state index >= 15 is 0 Å². The minimum absolute atomic E-state index is 0. The second kappa shape index (κ2) is 54.0. The Morgan fingerprint density at radius 1 is 1.00 bits per heavy atom. The molecule has 0 aliphatic rings. The Balaban J connectivity index is 0. The molecule has 42 valence electrons. The first-order valence-electron chi connectivity index (χ1n) is 0. The smallest absolute Gasteiger partial charge is 0.187 e. The van der Waals surface area contributed by atoms with Gasteiger partial charge in [-0.25, -0.2) is 0 Å². The van der Waals surface area contributed by atoms with Gasteiger partial charge in [0, 0.05) is 52.7 Å². The van der Waals surface area contributed by atoms with E-state index < -0.39 is 0 Å². The zero-order valence-electron chi connectivity index (χ0n) is 1.89. The summed E-state index contributed by atoms with van der Waals surface area (Å²) in [5.74, 6) is 0. The average molecular weight is 241 g/mol. The Morgan fingerprint density at radius 3 is 1.00 bits per heavy atom. The number of hydrogen-bond acceptors (Lipinski definition) is 1. The van der Waals surface area contributed by atoms with Crippen LogP contribution in [0, 0.1) is 0 Å². The van der Waals surface area contributed by atoms with E-state index in [1.807, 2.05) is 0 Å². The van der Waals surface area contributed by atoms with Crippen LogP contribution in [0.3, 0.4) is 0 Å². The Bertz CT molecular complexity index is 15.5. The standard InChI is InChI=1S/Al.Fe.Mn.H3N.H4Si.V.3H/h;;;1H3;1H4;;;;. The van der Waals surface area contributed by atoms with Crippen LogP contribution in [0.25, 0.3) is 0 Å². The SMILES string of the molecule is N.[AlH3].[Fe].[Mn].[SiH4].[V]. The molecule has 1 nitrogen and oxygen atoms in total. The maximum Gasteiger partial charge on any atom is 0.187 e. The van der Waals surface area contributed by atoms with Gasteiger partial charge in [-0.15, -0.1) is 0 Å². The normalized spacial score (nSPS) is 0. The molecule has 0 aliphatic heterocycles. The first-order valence-corrected chi connectivity index (χ1v) is 0. The third-order valence-corrected chi connectivity index (χ3v) is 0. The molecule has 0 amide bonds. The topological polar surface area (TPSA) is 35.0 Å². The molecule has 0 aromatic carbocycles. The van der Waals surface area contributed by atoms with Crippen molar-refractivity contribution in [3.63, 3.8) is 0 Å². The van der Waals surface area contributed by atoms with Crippen molar-refractivity contribution in [2.75, 3.05) is 0 Å². The Morgan fingerprint density at radius 2 is 1.00 bits per heavy atom. The van der Waals surface area contributed by atoms with Gasteiger partial charge in [0.15, 0.2) is 17.4 Å². The summed E-state index contributed by atoms with van der Waals surface area (Å²) in [6, 6.07) is 0. The van der Waals surface area contributed by atoms with Crippen molar-refractivity contribution in [2.24, 2.45) is 0 Å². The summed E-state index contributed by atoms with van der Waals surface area (Å²) in [6.45, 7) is 0. The van der Waals surface area contributed by atoms with E-state index in [1.54, 1.807) is 0 Å². The Kier molecular flexibility index (Phi) is 742. The molecule has 0 spiro atoms. The molecule has 6 heavy (non-hydrogen) atoms. The average Bonchev–Trinajstić information content (AvgIpc) is 0. The summed E-state index contributed by atoms with van der Waals surface area (Å²) < 4.78 is 0. The van der Waals surface area contributed by atoms with E-state index in [2.05, 4.69) is 0 Å². The summed E-state index contributed by atoms with van der Waals surface area (Å²) >= 11 is 0. The van der Waals surface area contributed by atoms with Crippen LogP contribution >= 0.6 is 0 Å². The molecular formula is H10AlFeMnNSiV. The third kappa shape index (κ3) is 33.1. The minimum atomic E-state index is 0. The maximum atomic E-state index is 0. The zero-order chi connectivity index (χ0) is 0. The first-order chi connectivity index (χ1) is 0. The maximum absolute atomic E-state index is 0. The van der Waals surface area contributed by atoms with Gasteiger partial charge in [0.05, 0.1) is 0 Å². The van der Waals surface area contributed by atoms with Gasteiger partial charge in [0.1, 0.15) is 0 Å². The van der Waals surface area contributed by atoms with Crippen LogP contribution < -0.4 is 6.15 Å². The molecule has 0 heterocycles. The Labute approximate surface area is 86.4 Å². The summed E-state index contributed by atoms with van der Waals surface area (Å²) in [5.41, 5.74) is 0. The fraction of sp³-hybridized carbons (Fsp3) is 0. The van der Waals surface area contributed by atoms with E-state index in [-0.39, 0.29) is 87.2 Å². The van der Waals surface area contributed by atoms with Gasteiger partial charge in [-0.05, 0) is 11.0 Å². The van der Waals surface area contributed by atoms with Crippen LogP contribution in [0.4, 0.5) is 0 Å². The van der Waals surface area contributed by atoms with Crippen LogP contribution in [-0.4, -0.2) is 28.3 Å². The van der Waals surface area contributed by atoms with E-state index in [0.29, 0.717) is 0 Å². The molecule has 0 bridgehead atoms. The molecule has 0 aromatic rings. The van der Waals surface area contributed by atoms with Crippen molar-refractivity contribution in [2.45, 2.75) is 0 Å². The monoisotopic (exact) mass is 241 g/mol. The fourth-order valence-electron chi connectivity index (χ4n) is 0. The summed E-state index contributed by atoms with van der Waals surface area (Å²) in [6.07, 6.45) is 0.